The van der Waals surface area contributed by atoms with Crippen LogP contribution in [0.2, 0.25) is 0 Å². The zero-order valence-electron chi connectivity index (χ0n) is 8.77. The van der Waals surface area contributed by atoms with Crippen LogP contribution in [0.15, 0.2) is 0 Å². The summed E-state index contributed by atoms with van der Waals surface area (Å²) in [6.45, 7) is 3.51. The van der Waals surface area contributed by atoms with Gasteiger partial charge < -0.3 is 10.4 Å². The van der Waals surface area contributed by atoms with Crippen molar-refractivity contribution in [2.75, 3.05) is 6.54 Å². The van der Waals surface area contributed by atoms with Gasteiger partial charge >= 0.3 is 6.18 Å². The van der Waals surface area contributed by atoms with Crippen LogP contribution < -0.4 is 5.32 Å². The minimum atomic E-state index is -4.31. The van der Waals surface area contributed by atoms with Crippen LogP contribution in [0, 0.1) is 5.92 Å². The zero-order chi connectivity index (χ0) is 12.1. The van der Waals surface area contributed by atoms with E-state index in [1.165, 1.54) is 0 Å². The zero-order valence-corrected chi connectivity index (χ0v) is 8.77. The fourth-order valence-corrected chi connectivity index (χ4v) is 0.798. The first-order valence-corrected chi connectivity index (χ1v) is 4.74. The van der Waals surface area contributed by atoms with Crippen molar-refractivity contribution < 1.29 is 23.1 Å². The molecule has 0 saturated heterocycles. The predicted octanol–water partition coefficient (Wildman–Crippen LogP) is 1.46. The van der Waals surface area contributed by atoms with Gasteiger partial charge in [0.1, 0.15) is 0 Å². The standard InChI is InChI=1S/C9H16F3NO2/c1-6(2)7(14)5-13-8(15)3-4-9(10,11)12/h6-7,14H,3-5H2,1-2H3,(H,13,15). The molecule has 2 N–H and O–H groups in total. The van der Waals surface area contributed by atoms with Crippen molar-refractivity contribution >= 4 is 5.91 Å². The lowest BCUT2D eigenvalue weighted by Crippen LogP contribution is -2.35. The molecule has 90 valence electrons. The van der Waals surface area contributed by atoms with E-state index in [9.17, 15) is 23.1 Å². The van der Waals surface area contributed by atoms with E-state index in [4.69, 9.17) is 0 Å². The van der Waals surface area contributed by atoms with E-state index in [0.717, 1.165) is 0 Å². The Bertz CT molecular complexity index is 204. The molecule has 0 rings (SSSR count). The first-order chi connectivity index (χ1) is 6.72. The molecular formula is C9H16F3NO2. The summed E-state index contributed by atoms with van der Waals surface area (Å²) in [5.74, 6) is -0.722. The highest BCUT2D eigenvalue weighted by atomic mass is 19.4. The van der Waals surface area contributed by atoms with E-state index < -0.39 is 31.0 Å². The number of halogens is 3. The average Bonchev–Trinajstić information content (AvgIpc) is 2.09. The van der Waals surface area contributed by atoms with Gasteiger partial charge in [0.25, 0.3) is 0 Å². The Kier molecular flexibility index (Phi) is 5.64. The number of aliphatic hydroxyl groups is 1. The number of nitrogens with one attached hydrogen (secondary N) is 1. The molecule has 0 aromatic carbocycles. The highest BCUT2D eigenvalue weighted by molar-refractivity contribution is 5.75. The number of carbonyl (C=O) groups excluding carboxylic acids is 1. The van der Waals surface area contributed by atoms with Crippen LogP contribution in [-0.2, 0) is 4.79 Å². The second-order valence-electron chi connectivity index (χ2n) is 3.73. The van der Waals surface area contributed by atoms with Gasteiger partial charge in [-0.1, -0.05) is 13.8 Å². The van der Waals surface area contributed by atoms with Gasteiger partial charge in [-0.2, -0.15) is 13.2 Å². The van der Waals surface area contributed by atoms with Crippen molar-refractivity contribution in [1.82, 2.24) is 5.32 Å². The van der Waals surface area contributed by atoms with Crippen LogP contribution in [0.1, 0.15) is 26.7 Å². The van der Waals surface area contributed by atoms with E-state index in [1.807, 2.05) is 0 Å². The van der Waals surface area contributed by atoms with E-state index in [-0.39, 0.29) is 12.5 Å². The van der Waals surface area contributed by atoms with Crippen LogP contribution in [0.3, 0.4) is 0 Å². The van der Waals surface area contributed by atoms with Crippen LogP contribution >= 0.6 is 0 Å². The topological polar surface area (TPSA) is 49.3 Å². The molecule has 3 nitrogen and oxygen atoms in total. The van der Waals surface area contributed by atoms with Crippen molar-refractivity contribution in [2.24, 2.45) is 5.92 Å². The highest BCUT2D eigenvalue weighted by Crippen LogP contribution is 2.20. The Labute approximate surface area is 86.7 Å². The molecule has 15 heavy (non-hydrogen) atoms. The third kappa shape index (κ3) is 8.23. The van der Waals surface area contributed by atoms with E-state index in [2.05, 4.69) is 5.32 Å². The predicted molar refractivity (Wildman–Crippen MR) is 49.1 cm³/mol. The molecule has 1 amide bonds. The monoisotopic (exact) mass is 227 g/mol. The quantitative estimate of drug-likeness (QED) is 0.747. The van der Waals surface area contributed by atoms with Gasteiger partial charge in [-0.05, 0) is 5.92 Å². The number of carbonyl (C=O) groups is 1. The van der Waals surface area contributed by atoms with Crippen molar-refractivity contribution in [1.29, 1.82) is 0 Å². The third-order valence-electron chi connectivity index (χ3n) is 1.91. The van der Waals surface area contributed by atoms with E-state index >= 15 is 0 Å². The van der Waals surface area contributed by atoms with Crippen molar-refractivity contribution in [2.45, 2.75) is 39.0 Å². The van der Waals surface area contributed by atoms with Gasteiger partial charge in [0, 0.05) is 13.0 Å². The van der Waals surface area contributed by atoms with Gasteiger partial charge in [-0.3, -0.25) is 4.79 Å². The second-order valence-corrected chi connectivity index (χ2v) is 3.73. The molecule has 0 aliphatic rings. The molecule has 0 heterocycles. The fourth-order valence-electron chi connectivity index (χ4n) is 0.798. The normalized spacial score (nSPS) is 14.1. The highest BCUT2D eigenvalue weighted by Gasteiger charge is 2.27. The molecule has 6 heteroatoms. The van der Waals surface area contributed by atoms with Crippen molar-refractivity contribution in [3.8, 4) is 0 Å². The molecule has 1 atom stereocenters. The van der Waals surface area contributed by atoms with Gasteiger partial charge in [-0.25, -0.2) is 0 Å². The first kappa shape index (κ1) is 14.2. The smallest absolute Gasteiger partial charge is 0.389 e. The minimum Gasteiger partial charge on any atom is -0.391 e. The number of hydrogen-bond acceptors (Lipinski definition) is 2. The minimum absolute atomic E-state index is 0.00560. The molecule has 0 aliphatic heterocycles. The maximum atomic E-state index is 11.7. The summed E-state index contributed by atoms with van der Waals surface area (Å²) in [4.78, 5) is 10.9. The average molecular weight is 227 g/mol. The summed E-state index contributed by atoms with van der Waals surface area (Å²) in [5, 5.41) is 11.5. The lowest BCUT2D eigenvalue weighted by Gasteiger charge is -2.15. The Balaban J connectivity index is 3.67. The Hall–Kier alpha value is -0.780. The summed E-state index contributed by atoms with van der Waals surface area (Å²) in [6.07, 6.45) is -6.75. The van der Waals surface area contributed by atoms with E-state index in [0.29, 0.717) is 0 Å². The number of rotatable bonds is 5. The molecule has 0 spiro atoms. The number of amides is 1. The Morgan fingerprint density at radius 1 is 1.40 bits per heavy atom. The Morgan fingerprint density at radius 2 is 1.93 bits per heavy atom. The summed E-state index contributed by atoms with van der Waals surface area (Å²) in [5.41, 5.74) is 0. The van der Waals surface area contributed by atoms with Crippen LogP contribution in [-0.4, -0.2) is 29.8 Å². The SMILES string of the molecule is CC(C)C(O)CNC(=O)CCC(F)(F)F. The summed E-state index contributed by atoms with van der Waals surface area (Å²) in [6, 6.07) is 0. The molecule has 0 fully saturated rings. The Morgan fingerprint density at radius 3 is 2.33 bits per heavy atom. The summed E-state index contributed by atoms with van der Waals surface area (Å²) >= 11 is 0. The molecule has 0 aromatic heterocycles. The molecule has 0 aromatic rings. The van der Waals surface area contributed by atoms with Crippen molar-refractivity contribution in [3.05, 3.63) is 0 Å². The number of alkyl halides is 3. The summed E-state index contributed by atoms with van der Waals surface area (Å²) in [7, 11) is 0. The van der Waals surface area contributed by atoms with Crippen LogP contribution in [0.25, 0.3) is 0 Å². The molecule has 1 unspecified atom stereocenters. The summed E-state index contributed by atoms with van der Waals surface area (Å²) < 4.78 is 35.1. The number of aliphatic hydroxyl groups excluding tert-OH is 1. The molecule has 0 saturated carbocycles. The largest absolute Gasteiger partial charge is 0.391 e. The fraction of sp³-hybridized carbons (Fsp3) is 0.889. The third-order valence-corrected chi connectivity index (χ3v) is 1.91. The molecule has 0 aliphatic carbocycles. The lowest BCUT2D eigenvalue weighted by molar-refractivity contribution is -0.144. The molecular weight excluding hydrogens is 211 g/mol. The lowest BCUT2D eigenvalue weighted by atomic mass is 10.1. The number of hydrogen-bond donors (Lipinski definition) is 2. The van der Waals surface area contributed by atoms with Gasteiger partial charge in [0.05, 0.1) is 12.5 Å². The van der Waals surface area contributed by atoms with Crippen molar-refractivity contribution in [3.63, 3.8) is 0 Å². The van der Waals surface area contributed by atoms with Crippen LogP contribution in [0.5, 0.6) is 0 Å². The molecule has 0 bridgehead atoms. The maximum absolute atomic E-state index is 11.7. The second kappa shape index (κ2) is 5.95. The van der Waals surface area contributed by atoms with E-state index in [1.54, 1.807) is 13.8 Å². The van der Waals surface area contributed by atoms with Gasteiger partial charge in [0.15, 0.2) is 0 Å². The first-order valence-electron chi connectivity index (χ1n) is 4.74. The maximum Gasteiger partial charge on any atom is 0.389 e. The molecule has 0 radical (unpaired) electrons. The van der Waals surface area contributed by atoms with Gasteiger partial charge in [-0.15, -0.1) is 0 Å². The van der Waals surface area contributed by atoms with Crippen LogP contribution in [0.4, 0.5) is 13.2 Å². The van der Waals surface area contributed by atoms with Gasteiger partial charge in [0.2, 0.25) is 5.91 Å².